The van der Waals surface area contributed by atoms with E-state index in [1.54, 1.807) is 12.1 Å². The number of nitrogens with one attached hydrogen (secondary N) is 1. The van der Waals surface area contributed by atoms with E-state index in [0.29, 0.717) is 32.5 Å². The molecule has 1 aliphatic heterocycles. The Morgan fingerprint density at radius 2 is 1.96 bits per heavy atom. The second kappa shape index (κ2) is 7.68. The summed E-state index contributed by atoms with van der Waals surface area (Å²) in [5.74, 6) is -0.854. The topological polar surface area (TPSA) is 79.4 Å². The van der Waals surface area contributed by atoms with Gasteiger partial charge in [-0.1, -0.05) is 22.9 Å². The van der Waals surface area contributed by atoms with Gasteiger partial charge in [-0.05, 0) is 43.2 Å². The van der Waals surface area contributed by atoms with Gasteiger partial charge in [0.05, 0.1) is 14.6 Å². The Balaban J connectivity index is 1.39. The van der Waals surface area contributed by atoms with Gasteiger partial charge in [0, 0.05) is 19.0 Å². The van der Waals surface area contributed by atoms with Crippen LogP contribution in [0.2, 0.25) is 4.34 Å². The summed E-state index contributed by atoms with van der Waals surface area (Å²) < 4.78 is 41.2. The Labute approximate surface area is 174 Å². The van der Waals surface area contributed by atoms with Gasteiger partial charge in [0.15, 0.2) is 5.13 Å². The lowest BCUT2D eigenvalue weighted by Crippen LogP contribution is -2.41. The molecule has 1 aliphatic rings. The van der Waals surface area contributed by atoms with E-state index in [2.05, 4.69) is 10.3 Å². The number of piperidine rings is 1. The van der Waals surface area contributed by atoms with Crippen molar-refractivity contribution in [2.24, 2.45) is 5.92 Å². The highest BCUT2D eigenvalue weighted by Gasteiger charge is 2.33. The SMILES string of the molecule is O=C(Nc1nc2ccc(F)cc2s1)C1CCN(S(=O)(=O)c2ccc(Cl)s2)CC1. The normalized spacial score (nSPS) is 16.5. The molecule has 1 amide bonds. The van der Waals surface area contributed by atoms with Crippen LogP contribution in [-0.2, 0) is 14.8 Å². The molecular weight excluding hydrogens is 445 g/mol. The summed E-state index contributed by atoms with van der Waals surface area (Å²) in [7, 11) is -3.58. The molecule has 148 valence electrons. The second-order valence-electron chi connectivity index (χ2n) is 6.36. The van der Waals surface area contributed by atoms with Gasteiger partial charge < -0.3 is 5.32 Å². The number of halogens is 2. The first kappa shape index (κ1) is 19.7. The number of benzene rings is 1. The molecule has 0 saturated carbocycles. The predicted octanol–water partition coefficient (Wildman–Crippen LogP) is 4.19. The molecule has 11 heteroatoms. The number of hydrogen-bond acceptors (Lipinski definition) is 6. The summed E-state index contributed by atoms with van der Waals surface area (Å²) in [4.78, 5) is 16.8. The number of rotatable bonds is 4. The summed E-state index contributed by atoms with van der Waals surface area (Å²) in [5.41, 5.74) is 0.622. The predicted molar refractivity (Wildman–Crippen MR) is 109 cm³/mol. The van der Waals surface area contributed by atoms with E-state index in [1.165, 1.54) is 33.8 Å². The van der Waals surface area contributed by atoms with Crippen LogP contribution < -0.4 is 5.32 Å². The van der Waals surface area contributed by atoms with Crippen molar-refractivity contribution >= 4 is 65.6 Å². The largest absolute Gasteiger partial charge is 0.302 e. The van der Waals surface area contributed by atoms with Gasteiger partial charge >= 0.3 is 0 Å². The molecule has 4 rings (SSSR count). The van der Waals surface area contributed by atoms with Crippen molar-refractivity contribution in [3.8, 4) is 0 Å². The van der Waals surface area contributed by atoms with Gasteiger partial charge in [0.25, 0.3) is 10.0 Å². The number of thiophene rings is 1. The minimum absolute atomic E-state index is 0.198. The smallest absolute Gasteiger partial charge is 0.252 e. The molecule has 0 bridgehead atoms. The van der Waals surface area contributed by atoms with E-state index in [9.17, 15) is 17.6 Å². The fraction of sp³-hybridized carbons (Fsp3) is 0.294. The van der Waals surface area contributed by atoms with Crippen molar-refractivity contribution in [3.63, 3.8) is 0 Å². The first-order valence-corrected chi connectivity index (χ1v) is 11.9. The maximum atomic E-state index is 13.3. The molecule has 3 aromatic rings. The molecule has 1 fully saturated rings. The lowest BCUT2D eigenvalue weighted by molar-refractivity contribution is -0.120. The Kier molecular flexibility index (Phi) is 5.41. The van der Waals surface area contributed by atoms with Crippen molar-refractivity contribution in [2.45, 2.75) is 17.1 Å². The number of nitrogens with zero attached hydrogens (tertiary/aromatic N) is 2. The van der Waals surface area contributed by atoms with Crippen molar-refractivity contribution in [1.29, 1.82) is 0 Å². The molecule has 0 spiro atoms. The first-order chi connectivity index (χ1) is 13.3. The lowest BCUT2D eigenvalue weighted by Gasteiger charge is -2.29. The number of anilines is 1. The van der Waals surface area contributed by atoms with Gasteiger partial charge in [-0.25, -0.2) is 17.8 Å². The van der Waals surface area contributed by atoms with Crippen molar-refractivity contribution < 1.29 is 17.6 Å². The summed E-state index contributed by atoms with van der Waals surface area (Å²) in [6.45, 7) is 0.530. The van der Waals surface area contributed by atoms with Crippen LogP contribution in [0.5, 0.6) is 0 Å². The number of aromatic nitrogens is 1. The standard InChI is InChI=1S/C17H15ClFN3O3S3/c18-14-3-4-15(27-14)28(24,25)22-7-5-10(6-8-22)16(23)21-17-20-12-2-1-11(19)9-13(12)26-17/h1-4,9-10H,5-8H2,(H,20,21,23). The average molecular weight is 460 g/mol. The lowest BCUT2D eigenvalue weighted by atomic mass is 9.97. The van der Waals surface area contributed by atoms with Crippen LogP contribution >= 0.6 is 34.3 Å². The number of hydrogen-bond donors (Lipinski definition) is 1. The zero-order valence-corrected chi connectivity index (χ0v) is 17.6. The van der Waals surface area contributed by atoms with Gasteiger partial charge in [-0.15, -0.1) is 11.3 Å². The van der Waals surface area contributed by atoms with Crippen LogP contribution in [0, 0.1) is 11.7 Å². The van der Waals surface area contributed by atoms with E-state index in [0.717, 1.165) is 11.3 Å². The zero-order valence-electron chi connectivity index (χ0n) is 14.4. The zero-order chi connectivity index (χ0) is 19.9. The average Bonchev–Trinajstić information content (AvgIpc) is 3.27. The molecule has 1 saturated heterocycles. The Morgan fingerprint density at radius 1 is 1.21 bits per heavy atom. The van der Waals surface area contributed by atoms with Crippen LogP contribution in [0.25, 0.3) is 10.2 Å². The van der Waals surface area contributed by atoms with E-state index in [1.807, 2.05) is 0 Å². The highest BCUT2D eigenvalue weighted by Crippen LogP contribution is 2.31. The van der Waals surface area contributed by atoms with Crippen LogP contribution in [-0.4, -0.2) is 36.7 Å². The van der Waals surface area contributed by atoms with Gasteiger partial charge in [0.2, 0.25) is 5.91 Å². The quantitative estimate of drug-likeness (QED) is 0.634. The summed E-state index contributed by atoms with van der Waals surface area (Å²) >= 11 is 8.07. The Morgan fingerprint density at radius 3 is 2.64 bits per heavy atom. The number of thiazole rings is 1. The molecule has 0 aliphatic carbocycles. The highest BCUT2D eigenvalue weighted by atomic mass is 35.5. The molecule has 6 nitrogen and oxygen atoms in total. The van der Waals surface area contributed by atoms with E-state index >= 15 is 0 Å². The molecule has 1 aromatic carbocycles. The summed E-state index contributed by atoms with van der Waals surface area (Å²) in [6, 6.07) is 7.32. The third-order valence-electron chi connectivity index (χ3n) is 4.55. The van der Waals surface area contributed by atoms with Crippen molar-refractivity contribution in [1.82, 2.24) is 9.29 Å². The molecular formula is C17H15ClFN3O3S3. The number of fused-ring (bicyclic) bond motifs is 1. The Hall–Kier alpha value is -1.59. The monoisotopic (exact) mass is 459 g/mol. The molecule has 0 unspecified atom stereocenters. The number of carbonyl (C=O) groups excluding carboxylic acids is 1. The third kappa shape index (κ3) is 3.92. The van der Waals surface area contributed by atoms with Crippen LogP contribution in [0.1, 0.15) is 12.8 Å². The van der Waals surface area contributed by atoms with Crippen LogP contribution in [0.15, 0.2) is 34.5 Å². The summed E-state index contributed by atoms with van der Waals surface area (Å²) in [6.07, 6.45) is 0.841. The molecule has 3 heterocycles. The maximum absolute atomic E-state index is 13.3. The van der Waals surface area contributed by atoms with Crippen molar-refractivity contribution in [3.05, 3.63) is 40.5 Å². The second-order valence-corrected chi connectivity index (χ2v) is 11.3. The maximum Gasteiger partial charge on any atom is 0.252 e. The van der Waals surface area contributed by atoms with E-state index in [-0.39, 0.29) is 34.9 Å². The fourth-order valence-electron chi connectivity index (χ4n) is 3.08. The van der Waals surface area contributed by atoms with Crippen LogP contribution in [0.4, 0.5) is 9.52 Å². The van der Waals surface area contributed by atoms with Gasteiger partial charge in [-0.3, -0.25) is 4.79 Å². The molecule has 2 aromatic heterocycles. The van der Waals surface area contributed by atoms with Gasteiger partial charge in [-0.2, -0.15) is 4.31 Å². The third-order valence-corrected chi connectivity index (χ3v) is 9.08. The van der Waals surface area contributed by atoms with E-state index < -0.39 is 10.0 Å². The molecule has 0 radical (unpaired) electrons. The Bertz CT molecular complexity index is 1140. The highest BCUT2D eigenvalue weighted by molar-refractivity contribution is 7.91. The molecule has 0 atom stereocenters. The first-order valence-electron chi connectivity index (χ1n) is 8.45. The molecule has 28 heavy (non-hydrogen) atoms. The minimum Gasteiger partial charge on any atom is -0.302 e. The van der Waals surface area contributed by atoms with Crippen LogP contribution in [0.3, 0.4) is 0 Å². The number of amides is 1. The van der Waals surface area contributed by atoms with Gasteiger partial charge in [0.1, 0.15) is 10.0 Å². The minimum atomic E-state index is -3.58. The molecule has 1 N–H and O–H groups in total. The van der Waals surface area contributed by atoms with E-state index in [4.69, 9.17) is 11.6 Å². The fourth-order valence-corrected chi connectivity index (χ4v) is 7.08. The number of sulfonamides is 1. The summed E-state index contributed by atoms with van der Waals surface area (Å²) in [5, 5.41) is 3.18. The van der Waals surface area contributed by atoms with Crippen molar-refractivity contribution in [2.75, 3.05) is 18.4 Å². The number of carbonyl (C=O) groups is 1.